The third-order valence-electron chi connectivity index (χ3n) is 5.01. The lowest BCUT2D eigenvalue weighted by Crippen LogP contribution is -2.21. The van der Waals surface area contributed by atoms with Crippen LogP contribution in [-0.2, 0) is 17.3 Å². The molecule has 2 aromatic rings. The van der Waals surface area contributed by atoms with Crippen LogP contribution in [0, 0.1) is 13.8 Å². The minimum atomic E-state index is -0.539. The number of carbonyl (C=O) groups is 1. The highest BCUT2D eigenvalue weighted by molar-refractivity contribution is 5.92. The van der Waals surface area contributed by atoms with Crippen molar-refractivity contribution in [1.82, 2.24) is 9.97 Å². The summed E-state index contributed by atoms with van der Waals surface area (Å²) < 4.78 is 0. The van der Waals surface area contributed by atoms with Crippen molar-refractivity contribution in [2.45, 2.75) is 79.6 Å². The standard InChI is InChI=1S/C23H33N3O/c1-10-18-20(26-19(21(24)27)14(3)25-18)15-11-16(22(4,5)6)13(2)17(12-15)23(7,8)9/h11-12H,10H2,1-9H3,(H2,24,27). The number of aryl methyl sites for hydroxylation is 2. The van der Waals surface area contributed by atoms with E-state index in [1.165, 1.54) is 16.7 Å². The molecule has 4 nitrogen and oxygen atoms in total. The van der Waals surface area contributed by atoms with Crippen LogP contribution in [-0.4, -0.2) is 15.9 Å². The van der Waals surface area contributed by atoms with E-state index in [0.717, 1.165) is 23.4 Å². The molecule has 1 aromatic carbocycles. The van der Waals surface area contributed by atoms with Crippen LogP contribution in [0.25, 0.3) is 11.3 Å². The second-order valence-electron chi connectivity index (χ2n) is 9.37. The first-order valence-corrected chi connectivity index (χ1v) is 9.60. The zero-order valence-electron chi connectivity index (χ0n) is 18.2. The van der Waals surface area contributed by atoms with Gasteiger partial charge in [0.1, 0.15) is 5.69 Å². The molecule has 0 spiro atoms. The molecule has 0 unspecified atom stereocenters. The summed E-state index contributed by atoms with van der Waals surface area (Å²) in [5.74, 6) is -0.539. The van der Waals surface area contributed by atoms with Gasteiger partial charge in [-0.05, 0) is 59.9 Å². The fraction of sp³-hybridized carbons (Fsp3) is 0.522. The van der Waals surface area contributed by atoms with Crippen molar-refractivity contribution in [2.75, 3.05) is 0 Å². The summed E-state index contributed by atoms with van der Waals surface area (Å²) in [5.41, 5.74) is 12.9. The SMILES string of the molecule is CCc1nc(C)c(C(N)=O)nc1-c1cc(C(C)(C)C)c(C)c(C(C)(C)C)c1. The van der Waals surface area contributed by atoms with E-state index in [1.807, 2.05) is 0 Å². The van der Waals surface area contributed by atoms with Crippen molar-refractivity contribution in [1.29, 1.82) is 0 Å². The average Bonchev–Trinajstić information content (AvgIpc) is 2.52. The van der Waals surface area contributed by atoms with Crippen LogP contribution in [0.1, 0.15) is 87.0 Å². The maximum Gasteiger partial charge on any atom is 0.269 e. The molecule has 0 saturated carbocycles. The summed E-state index contributed by atoms with van der Waals surface area (Å²) in [6, 6.07) is 4.40. The van der Waals surface area contributed by atoms with Crippen LogP contribution in [0.2, 0.25) is 0 Å². The van der Waals surface area contributed by atoms with Crippen molar-refractivity contribution < 1.29 is 4.79 Å². The third kappa shape index (κ3) is 4.20. The Morgan fingerprint density at radius 1 is 0.963 bits per heavy atom. The molecule has 0 atom stereocenters. The lowest BCUT2D eigenvalue weighted by Gasteiger charge is -2.30. The smallest absolute Gasteiger partial charge is 0.269 e. The Kier molecular flexibility index (Phi) is 5.51. The van der Waals surface area contributed by atoms with Crippen molar-refractivity contribution in [3.63, 3.8) is 0 Å². The lowest BCUT2D eigenvalue weighted by molar-refractivity contribution is 0.0994. The molecule has 2 rings (SSSR count). The first kappa shape index (κ1) is 21.1. The molecular weight excluding hydrogens is 334 g/mol. The van der Waals surface area contributed by atoms with Crippen molar-refractivity contribution in [3.05, 3.63) is 45.9 Å². The number of nitrogens with zero attached hydrogens (tertiary/aromatic N) is 2. The maximum atomic E-state index is 11.8. The molecule has 0 radical (unpaired) electrons. The van der Waals surface area contributed by atoms with Gasteiger partial charge in [-0.2, -0.15) is 0 Å². The van der Waals surface area contributed by atoms with Crippen molar-refractivity contribution >= 4 is 5.91 Å². The number of rotatable bonds is 3. The van der Waals surface area contributed by atoms with E-state index in [4.69, 9.17) is 5.73 Å². The van der Waals surface area contributed by atoms with E-state index in [0.29, 0.717) is 5.69 Å². The molecule has 2 N–H and O–H groups in total. The van der Waals surface area contributed by atoms with Gasteiger partial charge in [0, 0.05) is 5.56 Å². The van der Waals surface area contributed by atoms with Gasteiger partial charge in [0.15, 0.2) is 0 Å². The zero-order chi connectivity index (χ0) is 20.7. The second kappa shape index (κ2) is 7.06. The summed E-state index contributed by atoms with van der Waals surface area (Å²) in [7, 11) is 0. The topological polar surface area (TPSA) is 68.9 Å². The van der Waals surface area contributed by atoms with Crippen molar-refractivity contribution in [3.8, 4) is 11.3 Å². The largest absolute Gasteiger partial charge is 0.364 e. The molecule has 0 saturated heterocycles. The second-order valence-corrected chi connectivity index (χ2v) is 9.37. The van der Waals surface area contributed by atoms with Gasteiger partial charge in [0.25, 0.3) is 5.91 Å². The Labute approximate surface area is 163 Å². The minimum Gasteiger partial charge on any atom is -0.364 e. The van der Waals surface area contributed by atoms with Crippen LogP contribution in [0.4, 0.5) is 0 Å². The number of benzene rings is 1. The van der Waals surface area contributed by atoms with Gasteiger partial charge >= 0.3 is 0 Å². The first-order chi connectivity index (χ1) is 12.3. The van der Waals surface area contributed by atoms with Gasteiger partial charge in [0.05, 0.1) is 17.1 Å². The Bertz CT molecular complexity index is 849. The molecular formula is C23H33N3O. The monoisotopic (exact) mass is 367 g/mol. The maximum absolute atomic E-state index is 11.8. The number of aromatic nitrogens is 2. The molecule has 0 aliphatic heterocycles. The highest BCUT2D eigenvalue weighted by Gasteiger charge is 2.26. The van der Waals surface area contributed by atoms with Crippen molar-refractivity contribution in [2.24, 2.45) is 5.73 Å². The van der Waals surface area contributed by atoms with Gasteiger partial charge in [-0.25, -0.2) is 4.98 Å². The van der Waals surface area contributed by atoms with Gasteiger partial charge in [-0.3, -0.25) is 9.78 Å². The molecule has 0 aliphatic carbocycles. The van der Waals surface area contributed by atoms with Gasteiger partial charge in [0.2, 0.25) is 0 Å². The van der Waals surface area contributed by atoms with Crippen LogP contribution in [0.15, 0.2) is 12.1 Å². The van der Waals surface area contributed by atoms with E-state index in [-0.39, 0.29) is 16.5 Å². The lowest BCUT2D eigenvalue weighted by atomic mass is 9.75. The molecule has 0 aliphatic rings. The van der Waals surface area contributed by atoms with E-state index >= 15 is 0 Å². The molecule has 1 aromatic heterocycles. The number of primary amides is 1. The van der Waals surface area contributed by atoms with Crippen LogP contribution in [0.5, 0.6) is 0 Å². The van der Waals surface area contributed by atoms with Crippen LogP contribution in [0.3, 0.4) is 0 Å². The summed E-state index contributed by atoms with van der Waals surface area (Å²) in [6.45, 7) is 19.4. The van der Waals surface area contributed by atoms with E-state index in [2.05, 4.69) is 77.5 Å². The number of hydrogen-bond donors (Lipinski definition) is 1. The van der Waals surface area contributed by atoms with Crippen LogP contribution < -0.4 is 5.73 Å². The van der Waals surface area contributed by atoms with Crippen LogP contribution >= 0.6 is 0 Å². The van der Waals surface area contributed by atoms with E-state index < -0.39 is 5.91 Å². The molecule has 1 heterocycles. The molecule has 0 bridgehead atoms. The number of hydrogen-bond acceptors (Lipinski definition) is 3. The van der Waals surface area contributed by atoms with Gasteiger partial charge < -0.3 is 5.73 Å². The Morgan fingerprint density at radius 2 is 1.44 bits per heavy atom. The fourth-order valence-corrected chi connectivity index (χ4v) is 3.69. The van der Waals surface area contributed by atoms with E-state index in [1.54, 1.807) is 6.92 Å². The summed E-state index contributed by atoms with van der Waals surface area (Å²) >= 11 is 0. The molecule has 4 heteroatoms. The first-order valence-electron chi connectivity index (χ1n) is 9.60. The number of nitrogens with two attached hydrogens (primary N) is 1. The highest BCUT2D eigenvalue weighted by Crippen LogP contribution is 2.37. The summed E-state index contributed by atoms with van der Waals surface area (Å²) in [5, 5.41) is 0. The molecule has 146 valence electrons. The average molecular weight is 368 g/mol. The molecule has 27 heavy (non-hydrogen) atoms. The third-order valence-corrected chi connectivity index (χ3v) is 5.01. The van der Waals surface area contributed by atoms with E-state index in [9.17, 15) is 4.79 Å². The Morgan fingerprint density at radius 3 is 1.81 bits per heavy atom. The van der Waals surface area contributed by atoms with Gasteiger partial charge in [-0.1, -0.05) is 48.5 Å². The normalized spacial score (nSPS) is 12.3. The molecule has 1 amide bonds. The Hall–Kier alpha value is -2.23. The molecule has 0 fully saturated rings. The zero-order valence-corrected chi connectivity index (χ0v) is 18.2. The Balaban J connectivity index is 2.91. The number of amides is 1. The highest BCUT2D eigenvalue weighted by atomic mass is 16.1. The number of carbonyl (C=O) groups excluding carboxylic acids is 1. The van der Waals surface area contributed by atoms with Gasteiger partial charge in [-0.15, -0.1) is 0 Å². The summed E-state index contributed by atoms with van der Waals surface area (Å²) in [6.07, 6.45) is 0.742. The fourth-order valence-electron chi connectivity index (χ4n) is 3.69. The minimum absolute atomic E-state index is 0.00286. The predicted molar refractivity (Wildman–Crippen MR) is 112 cm³/mol. The summed E-state index contributed by atoms with van der Waals surface area (Å²) in [4.78, 5) is 21.1. The quantitative estimate of drug-likeness (QED) is 0.828. The predicted octanol–water partition coefficient (Wildman–Crippen LogP) is 5.02.